The van der Waals surface area contributed by atoms with Crippen LogP contribution in [0.3, 0.4) is 0 Å². The number of thiophene rings is 1. The maximum atomic E-state index is 5.93. The van der Waals surface area contributed by atoms with Crippen LogP contribution < -0.4 is 5.73 Å². The molecule has 2 atom stereocenters. The number of nitrogens with two attached hydrogens (primary N) is 1. The van der Waals surface area contributed by atoms with Crippen molar-refractivity contribution in [1.29, 1.82) is 0 Å². The van der Waals surface area contributed by atoms with E-state index in [1.807, 2.05) is 0 Å². The van der Waals surface area contributed by atoms with Gasteiger partial charge in [0.2, 0.25) is 0 Å². The van der Waals surface area contributed by atoms with Gasteiger partial charge in [-0.2, -0.15) is 11.3 Å². The summed E-state index contributed by atoms with van der Waals surface area (Å²) in [6.45, 7) is 5.18. The monoisotopic (exact) mass is 223 g/mol. The van der Waals surface area contributed by atoms with E-state index in [0.29, 0.717) is 18.0 Å². The molecule has 4 heteroatoms. The molecule has 1 aliphatic heterocycles. The third-order valence-corrected chi connectivity index (χ3v) is 3.72. The molecule has 15 heavy (non-hydrogen) atoms. The fraction of sp³-hybridized carbons (Fsp3) is 0.545. The van der Waals surface area contributed by atoms with E-state index >= 15 is 0 Å². The molecule has 0 saturated heterocycles. The lowest BCUT2D eigenvalue weighted by Crippen LogP contribution is -2.41. The van der Waals surface area contributed by atoms with Crippen molar-refractivity contribution >= 4 is 17.3 Å². The maximum absolute atomic E-state index is 5.93. The minimum Gasteiger partial charge on any atom is -0.370 e. The Bertz CT molecular complexity index is 345. The van der Waals surface area contributed by atoms with E-state index < -0.39 is 0 Å². The van der Waals surface area contributed by atoms with Crippen LogP contribution in [0.15, 0.2) is 21.8 Å². The lowest BCUT2D eigenvalue weighted by Gasteiger charge is -2.31. The second kappa shape index (κ2) is 4.23. The number of rotatable bonds is 3. The average molecular weight is 223 g/mol. The van der Waals surface area contributed by atoms with Crippen LogP contribution in [0.2, 0.25) is 0 Å². The van der Waals surface area contributed by atoms with Crippen LogP contribution in [-0.4, -0.2) is 23.4 Å². The summed E-state index contributed by atoms with van der Waals surface area (Å²) in [5.41, 5.74) is 7.27. The van der Waals surface area contributed by atoms with Crippen molar-refractivity contribution in [3.63, 3.8) is 0 Å². The molecule has 82 valence electrons. The summed E-state index contributed by atoms with van der Waals surface area (Å²) in [7, 11) is 0. The van der Waals surface area contributed by atoms with E-state index in [-0.39, 0.29) is 0 Å². The highest BCUT2D eigenvalue weighted by Gasteiger charge is 2.30. The molecule has 0 radical (unpaired) electrons. The molecule has 2 unspecified atom stereocenters. The molecule has 0 saturated carbocycles. The largest absolute Gasteiger partial charge is 0.370 e. The number of guanidine groups is 1. The smallest absolute Gasteiger partial charge is 0.192 e. The van der Waals surface area contributed by atoms with Crippen LogP contribution in [0.1, 0.15) is 31.9 Å². The highest BCUT2D eigenvalue weighted by Crippen LogP contribution is 2.29. The van der Waals surface area contributed by atoms with Crippen LogP contribution in [0.4, 0.5) is 0 Å². The van der Waals surface area contributed by atoms with Gasteiger partial charge in [-0.3, -0.25) is 4.99 Å². The van der Waals surface area contributed by atoms with Crippen LogP contribution in [0.5, 0.6) is 0 Å². The maximum Gasteiger partial charge on any atom is 0.192 e. The summed E-state index contributed by atoms with van der Waals surface area (Å²) >= 11 is 1.73. The normalized spacial score (nSPS) is 22.9. The number of hydrogen-bond acceptors (Lipinski definition) is 4. The molecule has 0 aromatic carbocycles. The van der Waals surface area contributed by atoms with Gasteiger partial charge in [0.1, 0.15) is 0 Å². The van der Waals surface area contributed by atoms with E-state index in [1.54, 1.807) is 11.3 Å². The van der Waals surface area contributed by atoms with Crippen LogP contribution >= 0.6 is 11.3 Å². The molecule has 0 fully saturated rings. The third kappa shape index (κ3) is 1.86. The molecule has 2 rings (SSSR count). The minimum atomic E-state index is 0.353. The van der Waals surface area contributed by atoms with Crippen LogP contribution in [0, 0.1) is 0 Å². The Morgan fingerprint density at radius 3 is 3.13 bits per heavy atom. The molecule has 0 bridgehead atoms. The Balaban J connectivity index is 2.21. The first-order valence-electron chi connectivity index (χ1n) is 5.34. The standard InChI is InChI=1S/C11H17N3S/c1-3-8(2)14-10(6-13-11(14)12)9-4-5-15-7-9/h4-5,7-8,10H,3,6H2,1-2H3,(H2,12,13). The molecule has 2 N–H and O–H groups in total. The fourth-order valence-corrected chi connectivity index (χ4v) is 2.68. The van der Waals surface area contributed by atoms with Gasteiger partial charge in [-0.25, -0.2) is 0 Å². The van der Waals surface area contributed by atoms with Crippen molar-refractivity contribution in [2.45, 2.75) is 32.4 Å². The van der Waals surface area contributed by atoms with E-state index in [9.17, 15) is 0 Å². The summed E-state index contributed by atoms with van der Waals surface area (Å²) in [5.74, 6) is 0.695. The summed E-state index contributed by atoms with van der Waals surface area (Å²) in [5, 5.41) is 4.30. The predicted octanol–water partition coefficient (Wildman–Crippen LogP) is 2.22. The topological polar surface area (TPSA) is 41.6 Å². The molecule has 1 aromatic rings. The van der Waals surface area contributed by atoms with Crippen molar-refractivity contribution in [2.75, 3.05) is 6.54 Å². The first-order valence-corrected chi connectivity index (χ1v) is 6.28. The van der Waals surface area contributed by atoms with Crippen molar-refractivity contribution < 1.29 is 0 Å². The van der Waals surface area contributed by atoms with E-state index in [1.165, 1.54) is 5.56 Å². The molecule has 0 amide bonds. The number of hydrogen-bond donors (Lipinski definition) is 1. The van der Waals surface area contributed by atoms with Crippen molar-refractivity contribution in [3.05, 3.63) is 22.4 Å². The molecular formula is C11H17N3S. The van der Waals surface area contributed by atoms with Crippen LogP contribution in [0.25, 0.3) is 0 Å². The zero-order valence-electron chi connectivity index (χ0n) is 9.18. The van der Waals surface area contributed by atoms with Gasteiger partial charge >= 0.3 is 0 Å². The third-order valence-electron chi connectivity index (χ3n) is 3.02. The molecular weight excluding hydrogens is 206 g/mol. The lowest BCUT2D eigenvalue weighted by molar-refractivity contribution is 0.269. The Morgan fingerprint density at radius 1 is 1.73 bits per heavy atom. The summed E-state index contributed by atoms with van der Waals surface area (Å²) in [6, 6.07) is 2.98. The highest BCUT2D eigenvalue weighted by atomic mass is 32.1. The molecule has 3 nitrogen and oxygen atoms in total. The summed E-state index contributed by atoms with van der Waals surface area (Å²) in [4.78, 5) is 6.59. The molecule has 0 aliphatic carbocycles. The van der Waals surface area contributed by atoms with Gasteiger partial charge < -0.3 is 10.6 Å². The summed E-state index contributed by atoms with van der Waals surface area (Å²) < 4.78 is 0. The van der Waals surface area contributed by atoms with Crippen molar-refractivity contribution in [3.8, 4) is 0 Å². The van der Waals surface area contributed by atoms with Crippen molar-refractivity contribution in [2.24, 2.45) is 10.7 Å². The van der Waals surface area contributed by atoms with Crippen LogP contribution in [-0.2, 0) is 0 Å². The van der Waals surface area contributed by atoms with E-state index in [0.717, 1.165) is 13.0 Å². The first-order chi connectivity index (χ1) is 7.24. The Kier molecular flexibility index (Phi) is 2.95. The van der Waals surface area contributed by atoms with E-state index in [4.69, 9.17) is 5.73 Å². The lowest BCUT2D eigenvalue weighted by atomic mass is 10.1. The Labute approximate surface area is 94.6 Å². The molecule has 2 heterocycles. The zero-order chi connectivity index (χ0) is 10.8. The molecule has 0 spiro atoms. The average Bonchev–Trinajstić information content (AvgIpc) is 2.85. The van der Waals surface area contributed by atoms with Gasteiger partial charge in [-0.05, 0) is 35.7 Å². The zero-order valence-corrected chi connectivity index (χ0v) is 10.00. The second-order valence-corrected chi connectivity index (χ2v) is 4.72. The minimum absolute atomic E-state index is 0.353. The Hall–Kier alpha value is -1.03. The second-order valence-electron chi connectivity index (χ2n) is 3.94. The Morgan fingerprint density at radius 2 is 2.53 bits per heavy atom. The van der Waals surface area contributed by atoms with Gasteiger partial charge in [-0.1, -0.05) is 6.92 Å². The quantitative estimate of drug-likeness (QED) is 0.853. The van der Waals surface area contributed by atoms with Gasteiger partial charge in [-0.15, -0.1) is 0 Å². The van der Waals surface area contributed by atoms with Gasteiger partial charge in [0, 0.05) is 6.04 Å². The number of aliphatic imine (C=N–C) groups is 1. The SMILES string of the molecule is CCC(C)N1C(N)=NCC1c1ccsc1. The molecule has 1 aliphatic rings. The van der Waals surface area contributed by atoms with Gasteiger partial charge in [0.25, 0.3) is 0 Å². The summed E-state index contributed by atoms with van der Waals surface area (Å²) in [6.07, 6.45) is 1.09. The number of nitrogens with zero attached hydrogens (tertiary/aromatic N) is 2. The predicted molar refractivity (Wildman–Crippen MR) is 65.1 cm³/mol. The van der Waals surface area contributed by atoms with Crippen molar-refractivity contribution in [1.82, 2.24) is 4.90 Å². The van der Waals surface area contributed by atoms with E-state index in [2.05, 4.69) is 40.6 Å². The first kappa shape index (κ1) is 10.5. The molecule has 1 aromatic heterocycles. The van der Waals surface area contributed by atoms with Gasteiger partial charge in [0.05, 0.1) is 12.6 Å². The highest BCUT2D eigenvalue weighted by molar-refractivity contribution is 7.07. The fourth-order valence-electron chi connectivity index (χ4n) is 1.97. The van der Waals surface area contributed by atoms with Gasteiger partial charge in [0.15, 0.2) is 5.96 Å².